The lowest BCUT2D eigenvalue weighted by Gasteiger charge is -2.16. The highest BCUT2D eigenvalue weighted by molar-refractivity contribution is 5.94. The van der Waals surface area contributed by atoms with Gasteiger partial charge in [0.15, 0.2) is 0 Å². The number of aromatic amines is 1. The monoisotopic (exact) mass is 351 g/mol. The number of H-pyrrole nitrogens is 1. The van der Waals surface area contributed by atoms with Crippen molar-refractivity contribution in [1.29, 1.82) is 0 Å². The van der Waals surface area contributed by atoms with Crippen molar-refractivity contribution in [3.05, 3.63) is 60.8 Å². The molecule has 134 valence electrons. The van der Waals surface area contributed by atoms with E-state index in [4.69, 9.17) is 0 Å². The molecule has 1 aliphatic carbocycles. The van der Waals surface area contributed by atoms with Crippen molar-refractivity contribution >= 4 is 5.91 Å². The Morgan fingerprint density at radius 3 is 2.85 bits per heavy atom. The number of imidazole rings is 1. The van der Waals surface area contributed by atoms with Gasteiger partial charge in [0, 0.05) is 24.5 Å². The number of aliphatic hydroxyl groups is 1. The van der Waals surface area contributed by atoms with E-state index in [0.717, 1.165) is 24.2 Å². The van der Waals surface area contributed by atoms with Crippen molar-refractivity contribution < 1.29 is 9.90 Å². The highest BCUT2D eigenvalue weighted by Crippen LogP contribution is 2.28. The first kappa shape index (κ1) is 16.5. The van der Waals surface area contributed by atoms with Crippen LogP contribution in [0.4, 0.5) is 0 Å². The molecule has 4 rings (SSSR count). The van der Waals surface area contributed by atoms with Crippen molar-refractivity contribution in [1.82, 2.24) is 25.1 Å². The van der Waals surface area contributed by atoms with Crippen LogP contribution in [0.1, 0.15) is 23.2 Å². The first-order valence-electron chi connectivity index (χ1n) is 8.74. The molecule has 0 saturated heterocycles. The average molecular weight is 351 g/mol. The summed E-state index contributed by atoms with van der Waals surface area (Å²) in [5.41, 5.74) is 2.46. The van der Waals surface area contributed by atoms with Crippen LogP contribution < -0.4 is 5.32 Å². The number of hydrogen-bond donors (Lipinski definition) is 3. The molecule has 1 unspecified atom stereocenters. The van der Waals surface area contributed by atoms with Gasteiger partial charge in [0.2, 0.25) is 0 Å². The summed E-state index contributed by atoms with van der Waals surface area (Å²) in [6.07, 6.45) is 7.92. The summed E-state index contributed by atoms with van der Waals surface area (Å²) >= 11 is 0. The first-order chi connectivity index (χ1) is 12.7. The number of benzene rings is 1. The van der Waals surface area contributed by atoms with E-state index in [1.54, 1.807) is 30.9 Å². The van der Waals surface area contributed by atoms with Gasteiger partial charge in [-0.3, -0.25) is 9.48 Å². The molecule has 7 heteroatoms. The first-order valence-corrected chi connectivity index (χ1v) is 8.74. The van der Waals surface area contributed by atoms with E-state index < -0.39 is 6.10 Å². The van der Waals surface area contributed by atoms with Crippen LogP contribution in [0.25, 0.3) is 11.3 Å². The molecule has 0 radical (unpaired) electrons. The number of carbonyl (C=O) groups excluding carboxylic acids is 1. The summed E-state index contributed by atoms with van der Waals surface area (Å²) in [5, 5.41) is 17.5. The molecule has 3 atom stereocenters. The van der Waals surface area contributed by atoms with Gasteiger partial charge in [0.25, 0.3) is 5.91 Å². The number of carbonyl (C=O) groups is 1. The fourth-order valence-electron chi connectivity index (χ4n) is 3.56. The fraction of sp³-hybridized carbons (Fsp3) is 0.316. The van der Waals surface area contributed by atoms with Gasteiger partial charge in [-0.25, -0.2) is 4.98 Å². The number of hydrogen-bond acceptors (Lipinski definition) is 4. The molecular formula is C19H21N5O2. The smallest absolute Gasteiger partial charge is 0.251 e. The summed E-state index contributed by atoms with van der Waals surface area (Å²) in [6, 6.07) is 9.00. The third-order valence-electron chi connectivity index (χ3n) is 4.90. The lowest BCUT2D eigenvalue weighted by molar-refractivity contribution is 0.0873. The lowest BCUT2D eigenvalue weighted by Crippen LogP contribution is -2.39. The van der Waals surface area contributed by atoms with E-state index in [9.17, 15) is 9.90 Å². The zero-order valence-corrected chi connectivity index (χ0v) is 14.2. The number of rotatable bonds is 5. The fourth-order valence-corrected chi connectivity index (χ4v) is 3.56. The Morgan fingerprint density at radius 1 is 1.31 bits per heavy atom. The van der Waals surface area contributed by atoms with E-state index in [1.807, 2.05) is 29.1 Å². The van der Waals surface area contributed by atoms with Gasteiger partial charge < -0.3 is 15.4 Å². The van der Waals surface area contributed by atoms with Gasteiger partial charge >= 0.3 is 0 Å². The third kappa shape index (κ3) is 3.52. The molecule has 7 nitrogen and oxygen atoms in total. The molecule has 1 aromatic carbocycles. The average Bonchev–Trinajstić information content (AvgIpc) is 3.39. The maximum atomic E-state index is 12.5. The van der Waals surface area contributed by atoms with Gasteiger partial charge in [0.1, 0.15) is 0 Å². The zero-order chi connectivity index (χ0) is 17.9. The minimum absolute atomic E-state index is 0.162. The van der Waals surface area contributed by atoms with Crippen LogP contribution in [0.5, 0.6) is 0 Å². The highest BCUT2D eigenvalue weighted by Gasteiger charge is 2.34. The summed E-state index contributed by atoms with van der Waals surface area (Å²) in [5.74, 6) is 0.142. The van der Waals surface area contributed by atoms with Crippen LogP contribution in [0.2, 0.25) is 0 Å². The molecule has 1 fully saturated rings. The normalized spacial score (nSPS) is 22.4. The third-order valence-corrected chi connectivity index (χ3v) is 4.90. The minimum atomic E-state index is -0.524. The van der Waals surface area contributed by atoms with Crippen LogP contribution in [-0.4, -0.2) is 42.9 Å². The summed E-state index contributed by atoms with van der Waals surface area (Å²) in [6.45, 7) is 0.759. The maximum absolute atomic E-state index is 12.5. The standard InChI is InChI=1S/C19H21N5O2/c25-18-9-13(11-24-7-1-6-22-24)8-16(18)23-19(26)15-4-2-14(3-5-15)17-10-20-12-21-17/h1-7,10,12-13,16,18,25H,8-9,11H2,(H,20,21)(H,23,26)/t13?,16-,18-/m1/s1. The van der Waals surface area contributed by atoms with E-state index in [1.165, 1.54) is 0 Å². The number of aromatic nitrogens is 4. The molecule has 0 bridgehead atoms. The van der Waals surface area contributed by atoms with Crippen molar-refractivity contribution in [3.63, 3.8) is 0 Å². The van der Waals surface area contributed by atoms with Crippen LogP contribution in [-0.2, 0) is 6.54 Å². The largest absolute Gasteiger partial charge is 0.391 e. The Labute approximate surface area is 151 Å². The van der Waals surface area contributed by atoms with Gasteiger partial charge in [-0.15, -0.1) is 0 Å². The molecule has 1 amide bonds. The summed E-state index contributed by atoms with van der Waals surface area (Å²) < 4.78 is 1.87. The minimum Gasteiger partial charge on any atom is -0.391 e. The number of amides is 1. The molecule has 1 saturated carbocycles. The second-order valence-corrected chi connectivity index (χ2v) is 6.76. The SMILES string of the molecule is O=C(N[C@@H]1CC(Cn2cccn2)C[C@H]1O)c1ccc(-c2cnc[nH]2)cc1. The van der Waals surface area contributed by atoms with Gasteiger partial charge in [-0.1, -0.05) is 12.1 Å². The van der Waals surface area contributed by atoms with Crippen molar-refractivity contribution in [2.75, 3.05) is 0 Å². The van der Waals surface area contributed by atoms with E-state index in [-0.39, 0.29) is 11.9 Å². The van der Waals surface area contributed by atoms with Crippen molar-refractivity contribution in [2.24, 2.45) is 5.92 Å². The molecule has 2 heterocycles. The zero-order valence-electron chi connectivity index (χ0n) is 14.2. The molecule has 2 aromatic heterocycles. The van der Waals surface area contributed by atoms with Gasteiger partial charge in [0.05, 0.1) is 30.4 Å². The second kappa shape index (κ2) is 7.13. The Morgan fingerprint density at radius 2 is 2.15 bits per heavy atom. The number of nitrogens with one attached hydrogen (secondary N) is 2. The highest BCUT2D eigenvalue weighted by atomic mass is 16.3. The molecule has 1 aliphatic rings. The predicted molar refractivity (Wildman–Crippen MR) is 96.2 cm³/mol. The Balaban J connectivity index is 1.37. The topological polar surface area (TPSA) is 95.8 Å². The van der Waals surface area contributed by atoms with Crippen LogP contribution in [0.3, 0.4) is 0 Å². The van der Waals surface area contributed by atoms with Gasteiger partial charge in [-0.2, -0.15) is 5.10 Å². The van der Waals surface area contributed by atoms with E-state index in [2.05, 4.69) is 20.4 Å². The molecule has 0 aliphatic heterocycles. The van der Waals surface area contributed by atoms with E-state index >= 15 is 0 Å². The van der Waals surface area contributed by atoms with Crippen LogP contribution in [0, 0.1) is 5.92 Å². The quantitative estimate of drug-likeness (QED) is 0.653. The molecule has 3 aromatic rings. The number of nitrogens with zero attached hydrogens (tertiary/aromatic N) is 3. The second-order valence-electron chi connectivity index (χ2n) is 6.76. The van der Waals surface area contributed by atoms with E-state index in [0.29, 0.717) is 17.9 Å². The molecule has 0 spiro atoms. The molecule has 3 N–H and O–H groups in total. The predicted octanol–water partition coefficient (Wildman–Crippen LogP) is 1.84. The Bertz CT molecular complexity index is 843. The maximum Gasteiger partial charge on any atom is 0.251 e. The Hall–Kier alpha value is -2.93. The van der Waals surface area contributed by atoms with Crippen LogP contribution in [0.15, 0.2) is 55.2 Å². The molecule has 26 heavy (non-hydrogen) atoms. The van der Waals surface area contributed by atoms with Crippen molar-refractivity contribution in [3.8, 4) is 11.3 Å². The lowest BCUT2D eigenvalue weighted by atomic mass is 10.1. The molecular weight excluding hydrogens is 330 g/mol. The van der Waals surface area contributed by atoms with Crippen molar-refractivity contribution in [2.45, 2.75) is 31.5 Å². The van der Waals surface area contributed by atoms with Gasteiger partial charge in [-0.05, 0) is 42.5 Å². The van der Waals surface area contributed by atoms with Crippen LogP contribution >= 0.6 is 0 Å². The Kier molecular flexibility index (Phi) is 4.53. The summed E-state index contributed by atoms with van der Waals surface area (Å²) in [7, 11) is 0. The summed E-state index contributed by atoms with van der Waals surface area (Å²) in [4.78, 5) is 19.5. The number of aliphatic hydroxyl groups excluding tert-OH is 1.